The Hall–Kier alpha value is -0.0800. The lowest BCUT2D eigenvalue weighted by atomic mass is 10.0. The number of hydrogen-bond donors (Lipinski definition) is 1. The smallest absolute Gasteiger partial charge is 0.0799 e. The van der Waals surface area contributed by atoms with Crippen molar-refractivity contribution in [2.75, 3.05) is 13.2 Å². The van der Waals surface area contributed by atoms with Crippen molar-refractivity contribution in [2.24, 2.45) is 5.92 Å². The number of unbranched alkanes of at least 4 members (excludes halogenated alkanes) is 2. The molecule has 0 bridgehead atoms. The van der Waals surface area contributed by atoms with Gasteiger partial charge in [0.15, 0.2) is 0 Å². The fourth-order valence-electron chi connectivity index (χ4n) is 1.09. The summed E-state index contributed by atoms with van der Waals surface area (Å²) >= 11 is 0. The van der Waals surface area contributed by atoms with Gasteiger partial charge in [0.25, 0.3) is 0 Å². The Bertz CT molecular complexity index is 104. The highest BCUT2D eigenvalue weighted by atomic mass is 16.5. The molecule has 0 aliphatic heterocycles. The van der Waals surface area contributed by atoms with Crippen molar-refractivity contribution in [3.8, 4) is 0 Å². The highest BCUT2D eigenvalue weighted by molar-refractivity contribution is 4.61. The summed E-state index contributed by atoms with van der Waals surface area (Å²) < 4.78 is 5.37. The lowest BCUT2D eigenvalue weighted by Crippen LogP contribution is -2.23. The van der Waals surface area contributed by atoms with E-state index in [-0.39, 0.29) is 6.10 Å². The predicted molar refractivity (Wildman–Crippen MR) is 55.8 cm³/mol. The van der Waals surface area contributed by atoms with Gasteiger partial charge >= 0.3 is 0 Å². The van der Waals surface area contributed by atoms with E-state index in [2.05, 4.69) is 20.8 Å². The summed E-state index contributed by atoms with van der Waals surface area (Å²) in [5.41, 5.74) is 0. The first-order valence-corrected chi connectivity index (χ1v) is 5.48. The number of ether oxygens (including phenoxy) is 1. The molecule has 0 radical (unpaired) electrons. The second-order valence-corrected chi connectivity index (χ2v) is 3.73. The molecule has 2 atom stereocenters. The minimum Gasteiger partial charge on any atom is -0.390 e. The maximum Gasteiger partial charge on any atom is 0.0799 e. The predicted octanol–water partition coefficient (Wildman–Crippen LogP) is 2.60. The first kappa shape index (κ1) is 12.9. The second-order valence-electron chi connectivity index (χ2n) is 3.73. The third kappa shape index (κ3) is 7.03. The molecule has 0 aromatic carbocycles. The van der Waals surface area contributed by atoms with Crippen LogP contribution < -0.4 is 0 Å². The van der Waals surface area contributed by atoms with Crippen LogP contribution in [0.5, 0.6) is 0 Å². The summed E-state index contributed by atoms with van der Waals surface area (Å²) in [5.74, 6) is 0.353. The Labute approximate surface area is 82.3 Å². The Balaban J connectivity index is 3.21. The first-order valence-electron chi connectivity index (χ1n) is 5.48. The Morgan fingerprint density at radius 1 is 1.23 bits per heavy atom. The topological polar surface area (TPSA) is 29.5 Å². The van der Waals surface area contributed by atoms with E-state index < -0.39 is 0 Å². The molecule has 0 aromatic rings. The van der Waals surface area contributed by atoms with Crippen molar-refractivity contribution in [3.05, 3.63) is 0 Å². The molecule has 0 aliphatic carbocycles. The molecule has 0 saturated carbocycles. The number of aliphatic hydroxyl groups excluding tert-OH is 1. The maximum atomic E-state index is 9.55. The summed E-state index contributed by atoms with van der Waals surface area (Å²) in [4.78, 5) is 0. The van der Waals surface area contributed by atoms with Crippen LogP contribution in [0.2, 0.25) is 0 Å². The van der Waals surface area contributed by atoms with Crippen LogP contribution in [0.1, 0.15) is 46.5 Å². The lowest BCUT2D eigenvalue weighted by Gasteiger charge is -2.16. The van der Waals surface area contributed by atoms with Crippen molar-refractivity contribution in [2.45, 2.75) is 52.6 Å². The Kier molecular flexibility index (Phi) is 8.46. The van der Waals surface area contributed by atoms with Gasteiger partial charge < -0.3 is 9.84 Å². The van der Waals surface area contributed by atoms with Gasteiger partial charge in [-0.25, -0.2) is 0 Å². The average Bonchev–Trinajstić information content (AvgIpc) is 2.16. The van der Waals surface area contributed by atoms with Crippen LogP contribution in [0.3, 0.4) is 0 Å². The quantitative estimate of drug-likeness (QED) is 0.593. The summed E-state index contributed by atoms with van der Waals surface area (Å²) in [6.07, 6.45) is 4.28. The molecule has 13 heavy (non-hydrogen) atoms. The van der Waals surface area contributed by atoms with E-state index >= 15 is 0 Å². The normalized spacial score (nSPS) is 15.7. The monoisotopic (exact) mass is 188 g/mol. The molecule has 0 aromatic heterocycles. The van der Waals surface area contributed by atoms with Crippen molar-refractivity contribution in [1.29, 1.82) is 0 Å². The molecule has 2 nitrogen and oxygen atoms in total. The molecule has 1 N–H and O–H groups in total. The standard InChI is InChI=1S/C11H24O2/c1-4-6-7-8-13-9-11(12)10(3)5-2/h10-12H,4-9H2,1-3H3. The molecule has 0 amide bonds. The highest BCUT2D eigenvalue weighted by Crippen LogP contribution is 2.07. The van der Waals surface area contributed by atoms with Crippen LogP contribution in [0.15, 0.2) is 0 Å². The Morgan fingerprint density at radius 3 is 2.46 bits per heavy atom. The summed E-state index contributed by atoms with van der Waals surface area (Å²) in [6, 6.07) is 0. The van der Waals surface area contributed by atoms with Crippen LogP contribution in [0, 0.1) is 5.92 Å². The molecular weight excluding hydrogens is 164 g/mol. The molecule has 0 saturated heterocycles. The lowest BCUT2D eigenvalue weighted by molar-refractivity contribution is 0.00709. The van der Waals surface area contributed by atoms with Crippen molar-refractivity contribution < 1.29 is 9.84 Å². The molecule has 0 spiro atoms. The average molecular weight is 188 g/mol. The number of rotatable bonds is 8. The summed E-state index contributed by atoms with van der Waals surface area (Å²) in [5, 5.41) is 9.55. The first-order chi connectivity index (χ1) is 6.22. The van der Waals surface area contributed by atoms with E-state index in [0.29, 0.717) is 12.5 Å². The zero-order valence-electron chi connectivity index (χ0n) is 9.25. The molecule has 0 heterocycles. The van der Waals surface area contributed by atoms with E-state index in [1.807, 2.05) is 0 Å². The van der Waals surface area contributed by atoms with Crippen molar-refractivity contribution in [1.82, 2.24) is 0 Å². The van der Waals surface area contributed by atoms with E-state index in [4.69, 9.17) is 4.74 Å². The third-order valence-corrected chi connectivity index (χ3v) is 2.48. The Morgan fingerprint density at radius 2 is 1.92 bits per heavy atom. The minimum absolute atomic E-state index is 0.286. The maximum absolute atomic E-state index is 9.55. The van der Waals surface area contributed by atoms with Gasteiger partial charge in [0.2, 0.25) is 0 Å². The van der Waals surface area contributed by atoms with Crippen LogP contribution in [-0.2, 0) is 4.74 Å². The van der Waals surface area contributed by atoms with Gasteiger partial charge in [0, 0.05) is 6.61 Å². The van der Waals surface area contributed by atoms with E-state index in [1.54, 1.807) is 0 Å². The van der Waals surface area contributed by atoms with Crippen LogP contribution in [0.4, 0.5) is 0 Å². The summed E-state index contributed by atoms with van der Waals surface area (Å²) in [6.45, 7) is 7.61. The van der Waals surface area contributed by atoms with Crippen LogP contribution in [0.25, 0.3) is 0 Å². The fraction of sp³-hybridized carbons (Fsp3) is 1.00. The van der Waals surface area contributed by atoms with Crippen LogP contribution >= 0.6 is 0 Å². The highest BCUT2D eigenvalue weighted by Gasteiger charge is 2.11. The van der Waals surface area contributed by atoms with Gasteiger partial charge in [0.05, 0.1) is 12.7 Å². The van der Waals surface area contributed by atoms with E-state index in [9.17, 15) is 5.11 Å². The molecule has 0 aliphatic rings. The third-order valence-electron chi connectivity index (χ3n) is 2.48. The van der Waals surface area contributed by atoms with Gasteiger partial charge in [-0.2, -0.15) is 0 Å². The molecule has 0 rings (SSSR count). The minimum atomic E-state index is -0.286. The van der Waals surface area contributed by atoms with E-state index in [0.717, 1.165) is 19.4 Å². The zero-order valence-corrected chi connectivity index (χ0v) is 9.25. The van der Waals surface area contributed by atoms with Gasteiger partial charge in [-0.15, -0.1) is 0 Å². The summed E-state index contributed by atoms with van der Waals surface area (Å²) in [7, 11) is 0. The number of aliphatic hydroxyl groups is 1. The van der Waals surface area contributed by atoms with Gasteiger partial charge in [-0.3, -0.25) is 0 Å². The van der Waals surface area contributed by atoms with Crippen molar-refractivity contribution >= 4 is 0 Å². The largest absolute Gasteiger partial charge is 0.390 e. The van der Waals surface area contributed by atoms with Gasteiger partial charge in [-0.05, 0) is 12.3 Å². The van der Waals surface area contributed by atoms with Gasteiger partial charge in [0.1, 0.15) is 0 Å². The van der Waals surface area contributed by atoms with Gasteiger partial charge in [-0.1, -0.05) is 40.0 Å². The number of hydrogen-bond acceptors (Lipinski definition) is 2. The molecule has 2 unspecified atom stereocenters. The SMILES string of the molecule is CCCCCOCC(O)C(C)CC. The van der Waals surface area contributed by atoms with Crippen LogP contribution in [-0.4, -0.2) is 24.4 Å². The molecule has 0 fully saturated rings. The molecule has 80 valence electrons. The fourth-order valence-corrected chi connectivity index (χ4v) is 1.09. The molecule has 2 heteroatoms. The second kappa shape index (κ2) is 8.52. The van der Waals surface area contributed by atoms with E-state index in [1.165, 1.54) is 12.8 Å². The van der Waals surface area contributed by atoms with Crippen molar-refractivity contribution in [3.63, 3.8) is 0 Å². The zero-order chi connectivity index (χ0) is 10.1. The molecular formula is C11H24O2.